The lowest BCUT2D eigenvalue weighted by atomic mass is 10.0. The monoisotopic (exact) mass is 592 g/mol. The number of allylic oxidation sites excluding steroid dienone is 1. The molecule has 1 aliphatic heterocycles. The molecule has 1 fully saturated rings. The Balaban J connectivity index is 1.31. The maximum Gasteiger partial charge on any atom is 0.407 e. The molecule has 0 saturated carbocycles. The number of rotatable bonds is 6. The summed E-state index contributed by atoms with van der Waals surface area (Å²) < 4.78 is 8.07. The maximum absolute atomic E-state index is 13.2. The predicted molar refractivity (Wildman–Crippen MR) is 153 cm³/mol. The van der Waals surface area contributed by atoms with Crippen LogP contribution in [0.3, 0.4) is 0 Å². The van der Waals surface area contributed by atoms with E-state index in [9.17, 15) is 9.59 Å². The Hall–Kier alpha value is -3.66. The number of fused-ring (bicyclic) bond motifs is 1. The first-order valence-electron chi connectivity index (χ1n) is 13.2. The average Bonchev–Trinajstić information content (AvgIpc) is 3.51. The standard InChI is InChI=1S/C29H33BrN6O3/c1-29(2,3)39-28(38)33-21-10-7-13-35(18-21)26-22(30)15-31-23-11-12-24(25(23)26)34-27(37)20-14-32-36(17-20)16-19-8-5-4-6-9-19/h4-6,8-9,12,14-15,17,21H,7,10-11,13,16,18H2,1-3H3,(H,33,38)(H,34,37)/t21-/m1/s1. The zero-order chi connectivity index (χ0) is 27.6. The second kappa shape index (κ2) is 11.2. The fourth-order valence-corrected chi connectivity index (χ4v) is 5.53. The minimum absolute atomic E-state index is 0.0526. The molecule has 2 amide bonds. The molecule has 39 heavy (non-hydrogen) atoms. The van der Waals surface area contributed by atoms with Crippen LogP contribution < -0.4 is 15.5 Å². The first-order valence-corrected chi connectivity index (χ1v) is 14.0. The molecule has 9 nitrogen and oxygen atoms in total. The van der Waals surface area contributed by atoms with Gasteiger partial charge in [0.15, 0.2) is 0 Å². The fourth-order valence-electron chi connectivity index (χ4n) is 4.98. The molecule has 1 aliphatic carbocycles. The van der Waals surface area contributed by atoms with Crippen LogP contribution in [-0.2, 0) is 17.7 Å². The van der Waals surface area contributed by atoms with Crippen LogP contribution in [0.25, 0.3) is 5.70 Å². The van der Waals surface area contributed by atoms with E-state index in [0.29, 0.717) is 25.1 Å². The SMILES string of the molecule is CC(C)(C)OC(=O)N[C@@H]1CCCN(c2c(Br)cnc3c2C(NC(=O)c2cnn(Cc4ccccc4)c2)=CC3)C1. The van der Waals surface area contributed by atoms with Gasteiger partial charge in [0.05, 0.1) is 34.2 Å². The lowest BCUT2D eigenvalue weighted by molar-refractivity contribution is 0.0499. The van der Waals surface area contributed by atoms with Gasteiger partial charge in [-0.3, -0.25) is 14.5 Å². The third-order valence-electron chi connectivity index (χ3n) is 6.64. The van der Waals surface area contributed by atoms with E-state index in [1.165, 1.54) is 0 Å². The van der Waals surface area contributed by atoms with Crippen molar-refractivity contribution in [2.45, 2.75) is 58.2 Å². The smallest absolute Gasteiger partial charge is 0.407 e. The Morgan fingerprint density at radius 1 is 1.18 bits per heavy atom. The number of alkyl carbamates (subject to hydrolysis) is 1. The van der Waals surface area contributed by atoms with Crippen molar-refractivity contribution in [2.24, 2.45) is 0 Å². The van der Waals surface area contributed by atoms with Gasteiger partial charge in [0.25, 0.3) is 5.91 Å². The van der Waals surface area contributed by atoms with Gasteiger partial charge in [-0.2, -0.15) is 5.10 Å². The molecule has 5 rings (SSSR count). The number of pyridine rings is 1. The lowest BCUT2D eigenvalue weighted by Gasteiger charge is -2.36. The molecule has 204 valence electrons. The summed E-state index contributed by atoms with van der Waals surface area (Å²) >= 11 is 3.70. The number of amides is 2. The third-order valence-corrected chi connectivity index (χ3v) is 7.22. The molecule has 3 aromatic rings. The Kier molecular flexibility index (Phi) is 7.74. The quantitative estimate of drug-likeness (QED) is 0.422. The number of benzene rings is 1. The van der Waals surface area contributed by atoms with Gasteiger partial charge in [0.1, 0.15) is 5.60 Å². The minimum Gasteiger partial charge on any atom is -0.444 e. The summed E-state index contributed by atoms with van der Waals surface area (Å²) in [6.45, 7) is 7.61. The van der Waals surface area contributed by atoms with Crippen molar-refractivity contribution in [3.63, 3.8) is 0 Å². The highest BCUT2D eigenvalue weighted by molar-refractivity contribution is 9.10. The number of ether oxygens (including phenoxy) is 1. The van der Waals surface area contributed by atoms with E-state index in [-0.39, 0.29) is 11.9 Å². The van der Waals surface area contributed by atoms with Crippen LogP contribution in [0.5, 0.6) is 0 Å². The van der Waals surface area contributed by atoms with E-state index in [2.05, 4.69) is 41.5 Å². The van der Waals surface area contributed by atoms with Gasteiger partial charge in [0.2, 0.25) is 0 Å². The number of carbonyl (C=O) groups is 2. The molecule has 0 bridgehead atoms. The van der Waals surface area contributed by atoms with Gasteiger partial charge in [-0.15, -0.1) is 0 Å². The number of hydrogen-bond donors (Lipinski definition) is 2. The number of anilines is 1. The fraction of sp³-hybridized carbons (Fsp3) is 0.379. The van der Waals surface area contributed by atoms with Crippen molar-refractivity contribution in [2.75, 3.05) is 18.0 Å². The largest absolute Gasteiger partial charge is 0.444 e. The Labute approximate surface area is 236 Å². The topological polar surface area (TPSA) is 101 Å². The number of piperidine rings is 1. The molecular weight excluding hydrogens is 560 g/mol. The normalized spacial score (nSPS) is 16.9. The molecule has 10 heteroatoms. The van der Waals surface area contributed by atoms with Crippen LogP contribution in [0.1, 0.15) is 60.8 Å². The number of nitrogens with one attached hydrogen (secondary N) is 2. The van der Waals surface area contributed by atoms with Crippen LogP contribution in [0, 0.1) is 0 Å². The van der Waals surface area contributed by atoms with Gasteiger partial charge in [-0.25, -0.2) is 4.79 Å². The molecule has 2 aliphatic rings. The highest BCUT2D eigenvalue weighted by atomic mass is 79.9. The van der Waals surface area contributed by atoms with E-state index < -0.39 is 11.7 Å². The third kappa shape index (κ3) is 6.50. The zero-order valence-corrected chi connectivity index (χ0v) is 24.0. The summed E-state index contributed by atoms with van der Waals surface area (Å²) in [6, 6.07) is 9.95. The highest BCUT2D eigenvalue weighted by Crippen LogP contribution is 2.39. The van der Waals surface area contributed by atoms with Gasteiger partial charge in [-0.1, -0.05) is 36.4 Å². The van der Waals surface area contributed by atoms with Crippen LogP contribution in [0.4, 0.5) is 10.5 Å². The molecule has 2 N–H and O–H groups in total. The van der Waals surface area contributed by atoms with Crippen LogP contribution in [0.2, 0.25) is 0 Å². The molecule has 1 atom stereocenters. The van der Waals surface area contributed by atoms with Crippen LogP contribution in [-0.4, -0.2) is 51.5 Å². The molecule has 0 radical (unpaired) electrons. The summed E-state index contributed by atoms with van der Waals surface area (Å²) in [5.74, 6) is -0.220. The Morgan fingerprint density at radius 3 is 2.74 bits per heavy atom. The van der Waals surface area contributed by atoms with Crippen LogP contribution >= 0.6 is 15.9 Å². The van der Waals surface area contributed by atoms with Gasteiger partial charge < -0.3 is 20.3 Å². The van der Waals surface area contributed by atoms with Gasteiger partial charge in [0, 0.05) is 49.2 Å². The molecule has 1 aromatic carbocycles. The molecule has 0 unspecified atom stereocenters. The zero-order valence-electron chi connectivity index (χ0n) is 22.4. The number of carbonyl (C=O) groups excluding carboxylic acids is 2. The first-order chi connectivity index (χ1) is 18.7. The molecule has 1 saturated heterocycles. The van der Waals surface area contributed by atoms with Crippen molar-refractivity contribution in [1.82, 2.24) is 25.4 Å². The average molecular weight is 594 g/mol. The second-order valence-electron chi connectivity index (χ2n) is 10.9. The van der Waals surface area contributed by atoms with E-state index in [1.54, 1.807) is 17.1 Å². The van der Waals surface area contributed by atoms with Crippen molar-refractivity contribution in [1.29, 1.82) is 0 Å². The Bertz CT molecular complexity index is 1400. The highest BCUT2D eigenvalue weighted by Gasteiger charge is 2.30. The molecular formula is C29H33BrN6O3. The van der Waals surface area contributed by atoms with E-state index in [1.807, 2.05) is 63.4 Å². The molecule has 0 spiro atoms. The number of halogens is 1. The number of nitrogens with zero attached hydrogens (tertiary/aromatic N) is 4. The summed E-state index contributed by atoms with van der Waals surface area (Å²) in [6.07, 6.45) is 9.16. The number of hydrogen-bond acceptors (Lipinski definition) is 6. The maximum atomic E-state index is 13.2. The summed E-state index contributed by atoms with van der Waals surface area (Å²) in [5.41, 5.74) is 4.57. The summed E-state index contributed by atoms with van der Waals surface area (Å²) in [5, 5.41) is 10.5. The summed E-state index contributed by atoms with van der Waals surface area (Å²) in [7, 11) is 0. The predicted octanol–water partition coefficient (Wildman–Crippen LogP) is 4.91. The minimum atomic E-state index is -0.552. The van der Waals surface area contributed by atoms with E-state index >= 15 is 0 Å². The van der Waals surface area contributed by atoms with Crippen LogP contribution in [0.15, 0.2) is 59.5 Å². The van der Waals surface area contributed by atoms with Crippen molar-refractivity contribution >= 4 is 39.3 Å². The van der Waals surface area contributed by atoms with Crippen molar-refractivity contribution < 1.29 is 14.3 Å². The second-order valence-corrected chi connectivity index (χ2v) is 11.8. The summed E-state index contributed by atoms with van der Waals surface area (Å²) in [4.78, 5) is 32.5. The molecule has 2 aromatic heterocycles. The first kappa shape index (κ1) is 26.9. The number of aromatic nitrogens is 3. The van der Waals surface area contributed by atoms with Crippen molar-refractivity contribution in [3.05, 3.63) is 81.9 Å². The van der Waals surface area contributed by atoms with E-state index in [0.717, 1.165) is 52.1 Å². The molecule has 3 heterocycles. The van der Waals surface area contributed by atoms with Gasteiger partial charge >= 0.3 is 6.09 Å². The van der Waals surface area contributed by atoms with Gasteiger partial charge in [-0.05, 0) is 55.1 Å². The van der Waals surface area contributed by atoms with Crippen molar-refractivity contribution in [3.8, 4) is 0 Å². The lowest BCUT2D eigenvalue weighted by Crippen LogP contribution is -2.49. The Morgan fingerprint density at radius 2 is 1.97 bits per heavy atom. The van der Waals surface area contributed by atoms with E-state index in [4.69, 9.17) is 4.74 Å².